The van der Waals surface area contributed by atoms with Crippen molar-refractivity contribution in [2.24, 2.45) is 0 Å². The number of carbonyl (C=O) groups is 2. The predicted molar refractivity (Wildman–Crippen MR) is 175 cm³/mol. The minimum absolute atomic E-state index is 0.0127. The number of amides is 2. The second kappa shape index (κ2) is 16.2. The predicted octanol–water partition coefficient (Wildman–Crippen LogP) is 5.62. The van der Waals surface area contributed by atoms with Crippen LogP contribution in [-0.2, 0) is 27.1 Å². The number of aliphatic hydroxyl groups excluding tert-OH is 1. The molecule has 1 aliphatic rings. The van der Waals surface area contributed by atoms with Gasteiger partial charge in [0.2, 0.25) is 0 Å². The van der Waals surface area contributed by atoms with Gasteiger partial charge in [0.15, 0.2) is 8.32 Å². The van der Waals surface area contributed by atoms with Gasteiger partial charge in [-0.05, 0) is 59.9 Å². The van der Waals surface area contributed by atoms with E-state index in [-0.39, 0.29) is 48.3 Å². The zero-order valence-electron chi connectivity index (χ0n) is 26.7. The van der Waals surface area contributed by atoms with E-state index in [0.717, 1.165) is 0 Å². The summed E-state index contributed by atoms with van der Waals surface area (Å²) in [6.45, 7) is 11.0. The lowest BCUT2D eigenvalue weighted by atomic mass is 10.2. The van der Waals surface area contributed by atoms with Crippen molar-refractivity contribution in [1.29, 1.82) is 0 Å². The highest BCUT2D eigenvalue weighted by atomic mass is 32.2. The normalized spacial score (nSPS) is 17.3. The molecular formula is C30H42N4O10SSi. The lowest BCUT2D eigenvalue weighted by molar-refractivity contribution is -0.385. The molecule has 0 aromatic heterocycles. The molecule has 3 rings (SSSR count). The van der Waals surface area contributed by atoms with Crippen molar-refractivity contribution in [3.8, 4) is 0 Å². The molecule has 2 N–H and O–H groups in total. The Morgan fingerprint density at radius 1 is 1.00 bits per heavy atom. The number of likely N-dealkylation sites (tertiary alicyclic amines) is 1. The van der Waals surface area contributed by atoms with Crippen LogP contribution in [0.5, 0.6) is 0 Å². The number of alkyl carbamates (subject to hydrolysis) is 1. The number of ether oxygens (including phenoxy) is 2. The first-order valence-corrected chi connectivity index (χ1v) is 18.9. The molecule has 3 atom stereocenters. The second-order valence-corrected chi connectivity index (χ2v) is 18.4. The smallest absolute Gasteiger partial charge is 0.410 e. The zero-order valence-corrected chi connectivity index (χ0v) is 28.5. The standard InChI is InChI=1S/C30H42N4O10SSi/c1-30(2,3)46(4,5)44-27-14-25(32(16-27)29(37)43-18-22-8-12-24(13-9-22)34(40)41)19-45-20-26(35)15-31-28(36)42-17-21-6-10-23(11-7-21)33(38)39/h6-13,25-27,35H,14-20H2,1-5H3,(H,31,36). The van der Waals surface area contributed by atoms with Crippen LogP contribution in [0.25, 0.3) is 0 Å². The van der Waals surface area contributed by atoms with Crippen molar-refractivity contribution in [1.82, 2.24) is 10.2 Å². The fraction of sp³-hybridized carbons (Fsp3) is 0.533. The summed E-state index contributed by atoms with van der Waals surface area (Å²) in [7, 11) is -2.12. The summed E-state index contributed by atoms with van der Waals surface area (Å²) in [4.78, 5) is 47.6. The third kappa shape index (κ3) is 11.0. The van der Waals surface area contributed by atoms with E-state index in [0.29, 0.717) is 35.6 Å². The van der Waals surface area contributed by atoms with Crippen molar-refractivity contribution in [2.45, 2.75) is 76.8 Å². The summed E-state index contributed by atoms with van der Waals surface area (Å²) in [6.07, 6.45) is -1.68. The maximum absolute atomic E-state index is 13.2. The molecule has 0 aliphatic carbocycles. The Morgan fingerprint density at radius 2 is 1.52 bits per heavy atom. The highest BCUT2D eigenvalue weighted by Crippen LogP contribution is 2.39. The van der Waals surface area contributed by atoms with Crippen molar-refractivity contribution >= 4 is 43.6 Å². The fourth-order valence-corrected chi connectivity index (χ4v) is 6.86. The van der Waals surface area contributed by atoms with E-state index in [1.165, 1.54) is 48.2 Å². The number of nitrogens with one attached hydrogen (secondary N) is 1. The summed E-state index contributed by atoms with van der Waals surface area (Å²) < 4.78 is 17.3. The van der Waals surface area contributed by atoms with Gasteiger partial charge in [0, 0.05) is 54.9 Å². The summed E-state index contributed by atoms with van der Waals surface area (Å²) in [5.74, 6) is 0.796. The molecule has 1 heterocycles. The molecule has 14 nitrogen and oxygen atoms in total. The van der Waals surface area contributed by atoms with Crippen LogP contribution in [0.2, 0.25) is 18.1 Å². The SMILES string of the molecule is CC(C)(C)[Si](C)(C)OC1CC(CSCC(O)CNC(=O)OCc2ccc([N+](=O)[O-])cc2)N(C(=O)OCc2ccc([N+](=O)[O-])cc2)C1. The number of nitro groups is 2. The van der Waals surface area contributed by atoms with Gasteiger partial charge >= 0.3 is 12.2 Å². The Labute approximate surface area is 273 Å². The molecule has 252 valence electrons. The van der Waals surface area contributed by atoms with Crippen LogP contribution in [-0.4, -0.2) is 83.2 Å². The van der Waals surface area contributed by atoms with E-state index in [1.807, 2.05) is 0 Å². The van der Waals surface area contributed by atoms with Gasteiger partial charge in [0.1, 0.15) is 13.2 Å². The lowest BCUT2D eigenvalue weighted by Gasteiger charge is -2.38. The largest absolute Gasteiger partial charge is 0.445 e. The maximum atomic E-state index is 13.2. The van der Waals surface area contributed by atoms with Crippen LogP contribution in [0.15, 0.2) is 48.5 Å². The van der Waals surface area contributed by atoms with Crippen molar-refractivity contribution in [2.75, 3.05) is 24.6 Å². The number of benzene rings is 2. The van der Waals surface area contributed by atoms with E-state index in [4.69, 9.17) is 13.9 Å². The molecule has 1 fully saturated rings. The second-order valence-electron chi connectivity index (χ2n) is 12.6. The first-order chi connectivity index (χ1) is 21.6. The number of hydrogen-bond donors (Lipinski definition) is 2. The van der Waals surface area contributed by atoms with Crippen molar-refractivity contribution in [3.05, 3.63) is 79.9 Å². The van der Waals surface area contributed by atoms with Gasteiger partial charge in [-0.2, -0.15) is 11.8 Å². The third-order valence-corrected chi connectivity index (χ3v) is 13.8. The van der Waals surface area contributed by atoms with Gasteiger partial charge in [-0.25, -0.2) is 9.59 Å². The Hall–Kier alpha value is -3.73. The summed E-state index contributed by atoms with van der Waals surface area (Å²) in [5.41, 5.74) is 1.10. The summed E-state index contributed by atoms with van der Waals surface area (Å²) >= 11 is 1.43. The Morgan fingerprint density at radius 3 is 2.02 bits per heavy atom. The monoisotopic (exact) mass is 678 g/mol. The van der Waals surface area contributed by atoms with E-state index >= 15 is 0 Å². The molecule has 3 unspecified atom stereocenters. The zero-order chi connectivity index (χ0) is 34.1. The van der Waals surface area contributed by atoms with Gasteiger partial charge in [-0.15, -0.1) is 0 Å². The van der Waals surface area contributed by atoms with Gasteiger partial charge in [0.25, 0.3) is 11.4 Å². The van der Waals surface area contributed by atoms with E-state index in [9.17, 15) is 34.9 Å². The number of rotatable bonds is 14. The topological polar surface area (TPSA) is 184 Å². The van der Waals surface area contributed by atoms with Gasteiger partial charge in [-0.3, -0.25) is 20.2 Å². The quantitative estimate of drug-likeness (QED) is 0.144. The highest BCUT2D eigenvalue weighted by molar-refractivity contribution is 7.99. The van der Waals surface area contributed by atoms with Crippen molar-refractivity contribution < 1.29 is 38.4 Å². The summed E-state index contributed by atoms with van der Waals surface area (Å²) in [6, 6.07) is 11.2. The molecule has 1 saturated heterocycles. The van der Waals surface area contributed by atoms with Crippen molar-refractivity contribution in [3.63, 3.8) is 0 Å². The number of carbonyl (C=O) groups excluding carboxylic acids is 2. The van der Waals surface area contributed by atoms with Crippen LogP contribution in [0, 0.1) is 20.2 Å². The minimum atomic E-state index is -2.12. The molecule has 16 heteroatoms. The number of hydrogen-bond acceptors (Lipinski definition) is 11. The first kappa shape index (κ1) is 36.7. The summed E-state index contributed by atoms with van der Waals surface area (Å²) in [5, 5.41) is 34.6. The van der Waals surface area contributed by atoms with Crippen LogP contribution >= 0.6 is 11.8 Å². The molecule has 0 radical (unpaired) electrons. The molecule has 0 saturated carbocycles. The third-order valence-electron chi connectivity index (χ3n) is 8.01. The molecule has 46 heavy (non-hydrogen) atoms. The Bertz CT molecular complexity index is 1350. The highest BCUT2D eigenvalue weighted by Gasteiger charge is 2.44. The number of non-ortho nitro benzene ring substituents is 2. The van der Waals surface area contributed by atoms with Crippen LogP contribution in [0.4, 0.5) is 21.0 Å². The lowest BCUT2D eigenvalue weighted by Crippen LogP contribution is -2.44. The van der Waals surface area contributed by atoms with E-state index in [2.05, 4.69) is 39.2 Å². The molecule has 0 bridgehead atoms. The number of nitro benzene ring substituents is 2. The Balaban J connectivity index is 1.50. The molecular weight excluding hydrogens is 637 g/mol. The minimum Gasteiger partial charge on any atom is -0.445 e. The number of aliphatic hydroxyl groups is 1. The van der Waals surface area contributed by atoms with E-state index < -0.39 is 36.5 Å². The fourth-order valence-electron chi connectivity index (χ4n) is 4.39. The molecule has 0 spiro atoms. The number of thioether (sulfide) groups is 1. The van der Waals surface area contributed by atoms with Crippen LogP contribution in [0.1, 0.15) is 38.3 Å². The van der Waals surface area contributed by atoms with Gasteiger partial charge < -0.3 is 29.2 Å². The molecule has 1 aliphatic heterocycles. The number of nitrogens with zero attached hydrogens (tertiary/aromatic N) is 3. The average molecular weight is 679 g/mol. The first-order valence-electron chi connectivity index (χ1n) is 14.8. The molecule has 2 aromatic carbocycles. The van der Waals surface area contributed by atoms with Gasteiger partial charge in [-0.1, -0.05) is 20.8 Å². The Kier molecular flexibility index (Phi) is 12.9. The molecule has 2 amide bonds. The van der Waals surface area contributed by atoms with E-state index in [1.54, 1.807) is 17.0 Å². The molecule has 2 aromatic rings. The average Bonchev–Trinajstić information content (AvgIpc) is 3.39. The maximum Gasteiger partial charge on any atom is 0.410 e. The van der Waals surface area contributed by atoms with Crippen LogP contribution < -0.4 is 5.32 Å². The van der Waals surface area contributed by atoms with Gasteiger partial charge in [0.05, 0.1) is 22.1 Å². The van der Waals surface area contributed by atoms with Crippen LogP contribution in [0.3, 0.4) is 0 Å².